The molecule has 0 unspecified atom stereocenters. The van der Waals surface area contributed by atoms with Crippen LogP contribution in [0.4, 0.5) is 11.4 Å². The summed E-state index contributed by atoms with van der Waals surface area (Å²) < 4.78 is 0. The molecule has 0 aliphatic rings. The summed E-state index contributed by atoms with van der Waals surface area (Å²) in [5, 5.41) is 7.46. The number of halogens is 1. The molecule has 4 rings (SSSR count). The Hall–Kier alpha value is -3.77. The van der Waals surface area contributed by atoms with Gasteiger partial charge in [-0.25, -0.2) is 4.98 Å². The second-order valence-corrected chi connectivity index (χ2v) is 6.60. The van der Waals surface area contributed by atoms with Crippen LogP contribution in [0.15, 0.2) is 79.1 Å². The van der Waals surface area contributed by atoms with Crippen molar-refractivity contribution in [1.29, 1.82) is 0 Å². The largest absolute Gasteiger partial charge is 0.322 e. The van der Waals surface area contributed by atoms with Crippen LogP contribution in [0.2, 0.25) is 5.15 Å². The first-order valence-corrected chi connectivity index (χ1v) is 9.16. The van der Waals surface area contributed by atoms with Gasteiger partial charge in [0.15, 0.2) is 0 Å². The van der Waals surface area contributed by atoms with Gasteiger partial charge in [-0.2, -0.15) is 0 Å². The van der Waals surface area contributed by atoms with E-state index in [4.69, 9.17) is 11.6 Å². The molecule has 0 atom stereocenters. The Morgan fingerprint density at radius 1 is 0.793 bits per heavy atom. The maximum atomic E-state index is 12.6. The molecule has 0 radical (unpaired) electrons. The molecule has 4 aromatic rings. The van der Waals surface area contributed by atoms with Gasteiger partial charge in [0.05, 0.1) is 0 Å². The molecular formula is C22H15ClN4O2. The molecule has 2 N–H and O–H groups in total. The first kappa shape index (κ1) is 18.6. The number of fused-ring (bicyclic) bond motifs is 1. The van der Waals surface area contributed by atoms with Gasteiger partial charge in [-0.1, -0.05) is 41.9 Å². The van der Waals surface area contributed by atoms with E-state index in [2.05, 4.69) is 20.6 Å². The van der Waals surface area contributed by atoms with E-state index in [0.717, 1.165) is 10.8 Å². The maximum Gasteiger partial charge on any atom is 0.274 e. The Labute approximate surface area is 171 Å². The highest BCUT2D eigenvalue weighted by molar-refractivity contribution is 6.34. The van der Waals surface area contributed by atoms with Crippen LogP contribution in [0, 0.1) is 0 Å². The first-order chi connectivity index (χ1) is 14.1. The molecule has 0 aliphatic carbocycles. The van der Waals surface area contributed by atoms with Crippen molar-refractivity contribution >= 4 is 45.6 Å². The predicted octanol–water partition coefficient (Wildman–Crippen LogP) is 4.79. The van der Waals surface area contributed by atoms with E-state index in [0.29, 0.717) is 16.9 Å². The lowest BCUT2D eigenvalue weighted by Crippen LogP contribution is -2.15. The molecule has 2 amide bonds. The fourth-order valence-corrected chi connectivity index (χ4v) is 3.11. The highest BCUT2D eigenvalue weighted by Crippen LogP contribution is 2.23. The van der Waals surface area contributed by atoms with Crippen molar-refractivity contribution in [3.05, 3.63) is 95.5 Å². The smallest absolute Gasteiger partial charge is 0.274 e. The number of anilines is 2. The average molecular weight is 403 g/mol. The number of carbonyl (C=O) groups excluding carboxylic acids is 2. The molecule has 2 aromatic heterocycles. The maximum absolute atomic E-state index is 12.6. The molecule has 7 heteroatoms. The zero-order valence-corrected chi connectivity index (χ0v) is 15.9. The molecular weight excluding hydrogens is 388 g/mol. The second kappa shape index (κ2) is 8.08. The quantitative estimate of drug-likeness (QED) is 0.481. The fourth-order valence-electron chi connectivity index (χ4n) is 2.85. The highest BCUT2D eigenvalue weighted by Gasteiger charge is 2.12. The normalized spacial score (nSPS) is 10.5. The minimum atomic E-state index is -0.393. The Kier molecular flexibility index (Phi) is 5.18. The van der Waals surface area contributed by atoms with Crippen LogP contribution in [0.3, 0.4) is 0 Å². The van der Waals surface area contributed by atoms with E-state index in [9.17, 15) is 9.59 Å². The van der Waals surface area contributed by atoms with Crippen molar-refractivity contribution in [2.45, 2.75) is 0 Å². The summed E-state index contributed by atoms with van der Waals surface area (Å²) in [6, 6.07) is 19.2. The third kappa shape index (κ3) is 4.23. The molecule has 0 bridgehead atoms. The number of pyridine rings is 2. The number of hydrogen-bond donors (Lipinski definition) is 2. The van der Waals surface area contributed by atoms with E-state index in [1.54, 1.807) is 54.9 Å². The second-order valence-electron chi connectivity index (χ2n) is 6.24. The van der Waals surface area contributed by atoms with Crippen LogP contribution in [0.25, 0.3) is 10.8 Å². The van der Waals surface area contributed by atoms with Crippen molar-refractivity contribution in [2.75, 3.05) is 10.6 Å². The molecule has 29 heavy (non-hydrogen) atoms. The lowest BCUT2D eigenvalue weighted by atomic mass is 10.1. The Balaban J connectivity index is 1.52. The summed E-state index contributed by atoms with van der Waals surface area (Å²) >= 11 is 6.21. The third-order valence-electron chi connectivity index (χ3n) is 4.25. The summed E-state index contributed by atoms with van der Waals surface area (Å²) in [5.74, 6) is -0.658. The molecule has 0 saturated carbocycles. The molecule has 2 heterocycles. The number of hydrogen-bond acceptors (Lipinski definition) is 4. The van der Waals surface area contributed by atoms with Crippen molar-refractivity contribution in [1.82, 2.24) is 9.97 Å². The number of benzene rings is 2. The predicted molar refractivity (Wildman–Crippen MR) is 113 cm³/mol. The summed E-state index contributed by atoms with van der Waals surface area (Å²) in [7, 11) is 0. The zero-order valence-electron chi connectivity index (χ0n) is 15.1. The van der Waals surface area contributed by atoms with Gasteiger partial charge in [-0.05, 0) is 41.8 Å². The number of nitrogens with zero attached hydrogens (tertiary/aromatic N) is 2. The van der Waals surface area contributed by atoms with Gasteiger partial charge in [0.25, 0.3) is 11.8 Å². The number of rotatable bonds is 4. The van der Waals surface area contributed by atoms with Crippen molar-refractivity contribution in [3.63, 3.8) is 0 Å². The molecule has 2 aromatic carbocycles. The van der Waals surface area contributed by atoms with Crippen LogP contribution < -0.4 is 10.6 Å². The number of amides is 2. The van der Waals surface area contributed by atoms with Gasteiger partial charge >= 0.3 is 0 Å². The number of carbonyl (C=O) groups is 2. The van der Waals surface area contributed by atoms with Gasteiger partial charge in [-0.15, -0.1) is 0 Å². The van der Waals surface area contributed by atoms with Crippen LogP contribution in [-0.4, -0.2) is 21.8 Å². The van der Waals surface area contributed by atoms with Gasteiger partial charge < -0.3 is 10.6 Å². The van der Waals surface area contributed by atoms with Gasteiger partial charge in [0, 0.05) is 34.7 Å². The Morgan fingerprint density at radius 2 is 1.48 bits per heavy atom. The van der Waals surface area contributed by atoms with Crippen molar-refractivity contribution in [2.24, 2.45) is 0 Å². The van der Waals surface area contributed by atoms with Crippen LogP contribution in [0.5, 0.6) is 0 Å². The Bertz CT molecular complexity index is 1210. The van der Waals surface area contributed by atoms with Crippen molar-refractivity contribution in [3.8, 4) is 0 Å². The van der Waals surface area contributed by atoms with Gasteiger partial charge in [0.1, 0.15) is 10.8 Å². The van der Waals surface area contributed by atoms with Crippen LogP contribution >= 0.6 is 11.6 Å². The van der Waals surface area contributed by atoms with Crippen LogP contribution in [0.1, 0.15) is 20.8 Å². The average Bonchev–Trinajstić information content (AvgIpc) is 2.74. The molecule has 142 valence electrons. The molecule has 0 aliphatic heterocycles. The number of nitrogens with one attached hydrogen (secondary N) is 2. The zero-order chi connectivity index (χ0) is 20.2. The lowest BCUT2D eigenvalue weighted by molar-refractivity contribution is 0.101. The fraction of sp³-hybridized carbons (Fsp3) is 0. The Morgan fingerprint density at radius 3 is 2.24 bits per heavy atom. The summed E-state index contributed by atoms with van der Waals surface area (Å²) in [6.07, 6.45) is 3.10. The van der Waals surface area contributed by atoms with Crippen LogP contribution in [-0.2, 0) is 0 Å². The van der Waals surface area contributed by atoms with Gasteiger partial charge in [0.2, 0.25) is 0 Å². The van der Waals surface area contributed by atoms with E-state index in [1.807, 2.05) is 24.3 Å². The van der Waals surface area contributed by atoms with E-state index in [1.165, 1.54) is 0 Å². The molecule has 6 nitrogen and oxygen atoms in total. The van der Waals surface area contributed by atoms with Crippen molar-refractivity contribution < 1.29 is 9.59 Å². The third-order valence-corrected chi connectivity index (χ3v) is 4.54. The van der Waals surface area contributed by atoms with E-state index in [-0.39, 0.29) is 16.8 Å². The van der Waals surface area contributed by atoms with E-state index < -0.39 is 5.91 Å². The SMILES string of the molecule is O=C(Nc1cccc(NC(=O)c2cc3ccccc3c(Cl)n2)c1)c1ccncc1. The molecule has 0 spiro atoms. The molecule has 0 fully saturated rings. The summed E-state index contributed by atoms with van der Waals surface area (Å²) in [5.41, 5.74) is 1.77. The topological polar surface area (TPSA) is 84.0 Å². The minimum Gasteiger partial charge on any atom is -0.322 e. The highest BCUT2D eigenvalue weighted by atomic mass is 35.5. The first-order valence-electron chi connectivity index (χ1n) is 8.78. The minimum absolute atomic E-state index is 0.208. The molecule has 0 saturated heterocycles. The standard InChI is InChI=1S/C22H15ClN4O2/c23-20-18-7-2-1-4-15(18)12-19(27-20)22(29)26-17-6-3-5-16(13-17)25-21(28)14-8-10-24-11-9-14/h1-13H,(H,25,28)(H,26,29). The van der Waals surface area contributed by atoms with E-state index >= 15 is 0 Å². The lowest BCUT2D eigenvalue weighted by Gasteiger charge is -2.09. The monoisotopic (exact) mass is 402 g/mol. The number of aromatic nitrogens is 2. The summed E-state index contributed by atoms with van der Waals surface area (Å²) in [6.45, 7) is 0. The summed E-state index contributed by atoms with van der Waals surface area (Å²) in [4.78, 5) is 33.0. The van der Waals surface area contributed by atoms with Gasteiger partial charge in [-0.3, -0.25) is 14.6 Å².